The third-order valence-corrected chi connectivity index (χ3v) is 7.90. The molecule has 3 aromatic rings. The van der Waals surface area contributed by atoms with Crippen molar-refractivity contribution in [2.45, 2.75) is 57.0 Å². The summed E-state index contributed by atoms with van der Waals surface area (Å²) in [7, 11) is 1.50. The zero-order chi connectivity index (χ0) is 31.9. The van der Waals surface area contributed by atoms with E-state index in [1.807, 2.05) is 6.07 Å². The number of rotatable bonds is 9. The lowest BCUT2D eigenvalue weighted by atomic mass is 9.99. The van der Waals surface area contributed by atoms with Gasteiger partial charge in [-0.15, -0.1) is 13.2 Å². The predicted octanol–water partition coefficient (Wildman–Crippen LogP) is 7.52. The van der Waals surface area contributed by atoms with Crippen LogP contribution < -0.4 is 19.7 Å². The summed E-state index contributed by atoms with van der Waals surface area (Å²) in [5.41, 5.74) is 1.97. The van der Waals surface area contributed by atoms with Crippen molar-refractivity contribution in [3.8, 4) is 17.6 Å². The number of nitrogens with zero attached hydrogens (tertiary/aromatic N) is 3. The smallest absolute Gasteiger partial charge is 0.497 e. The molecule has 0 bridgehead atoms. The molecule has 0 aromatic heterocycles. The summed E-state index contributed by atoms with van der Waals surface area (Å²) in [6.45, 7) is 5.23. The highest BCUT2D eigenvalue weighted by atomic mass is 35.5. The van der Waals surface area contributed by atoms with Gasteiger partial charge in [0.2, 0.25) is 5.60 Å². The maximum Gasteiger partial charge on any atom is 0.573 e. The second-order valence-corrected chi connectivity index (χ2v) is 11.8. The number of carbonyl (C=O) groups excluding carboxylic acids is 1. The van der Waals surface area contributed by atoms with Crippen LogP contribution in [0.4, 0.5) is 24.5 Å². The molecule has 0 radical (unpaired) electrons. The second-order valence-electron chi connectivity index (χ2n) is 11.4. The summed E-state index contributed by atoms with van der Waals surface area (Å²) in [6.07, 6.45) is -3.22. The number of anilines is 2. The normalized spacial score (nSPS) is 16.2. The van der Waals surface area contributed by atoms with E-state index in [0.717, 1.165) is 18.4 Å². The summed E-state index contributed by atoms with van der Waals surface area (Å²) in [5.74, 6) is -0.286. The fourth-order valence-corrected chi connectivity index (χ4v) is 5.28. The summed E-state index contributed by atoms with van der Waals surface area (Å²) < 4.78 is 48.8. The van der Waals surface area contributed by atoms with Crippen molar-refractivity contribution >= 4 is 34.6 Å². The van der Waals surface area contributed by atoms with Crippen LogP contribution in [0.25, 0.3) is 0 Å². The number of nitriles is 1. The molecule has 3 aromatic carbocycles. The first kappa shape index (κ1) is 31.0. The summed E-state index contributed by atoms with van der Waals surface area (Å²) in [4.78, 5) is 21.3. The van der Waals surface area contributed by atoms with E-state index in [9.17, 15) is 23.2 Å². The number of amides is 1. The highest BCUT2D eigenvalue weighted by Crippen LogP contribution is 2.57. The van der Waals surface area contributed by atoms with Gasteiger partial charge < -0.3 is 24.5 Å². The van der Waals surface area contributed by atoms with Gasteiger partial charge in [-0.2, -0.15) is 5.26 Å². The highest BCUT2D eigenvalue weighted by molar-refractivity contribution is 6.30. The monoisotopic (exact) mass is 626 g/mol. The van der Waals surface area contributed by atoms with Gasteiger partial charge in [-0.05, 0) is 75.1 Å². The first-order chi connectivity index (χ1) is 20.7. The number of carbonyl (C=O) groups is 1. The van der Waals surface area contributed by atoms with Gasteiger partial charge in [-0.1, -0.05) is 35.0 Å². The lowest BCUT2D eigenvalue weighted by Gasteiger charge is -2.27. The van der Waals surface area contributed by atoms with Crippen molar-refractivity contribution in [1.29, 1.82) is 5.26 Å². The molecule has 1 amide bonds. The Bertz CT molecular complexity index is 1650. The van der Waals surface area contributed by atoms with Crippen molar-refractivity contribution in [1.82, 2.24) is 0 Å². The van der Waals surface area contributed by atoms with Crippen LogP contribution in [0.1, 0.15) is 56.3 Å². The summed E-state index contributed by atoms with van der Waals surface area (Å²) in [6, 6.07) is 17.2. The number of oxime groups is 1. The fourth-order valence-electron chi connectivity index (χ4n) is 5.16. The second kappa shape index (κ2) is 11.6. The number of alkyl halides is 3. The Morgan fingerprint density at radius 2 is 1.80 bits per heavy atom. The Labute approximate surface area is 257 Å². The van der Waals surface area contributed by atoms with Crippen LogP contribution in [0.15, 0.2) is 65.8 Å². The maximum absolute atomic E-state index is 14.4. The van der Waals surface area contributed by atoms with Gasteiger partial charge in [0.15, 0.2) is 0 Å². The van der Waals surface area contributed by atoms with Crippen molar-refractivity contribution in [2.75, 3.05) is 23.9 Å². The van der Waals surface area contributed by atoms with E-state index in [-0.39, 0.29) is 11.3 Å². The Morgan fingerprint density at radius 3 is 2.41 bits per heavy atom. The van der Waals surface area contributed by atoms with Gasteiger partial charge in [0.25, 0.3) is 5.91 Å². The fraction of sp³-hybridized carbons (Fsp3) is 0.344. The van der Waals surface area contributed by atoms with Crippen LogP contribution in [-0.2, 0) is 15.0 Å². The number of nitrogens with one attached hydrogen (secondary N) is 1. The Morgan fingerprint density at radius 1 is 1.09 bits per heavy atom. The van der Waals surface area contributed by atoms with Gasteiger partial charge in [0.1, 0.15) is 23.6 Å². The zero-order valence-electron chi connectivity index (χ0n) is 24.5. The van der Waals surface area contributed by atoms with E-state index in [1.165, 1.54) is 24.1 Å². The molecule has 1 atom stereocenters. The predicted molar refractivity (Wildman–Crippen MR) is 160 cm³/mol. The molecular weight excluding hydrogens is 597 g/mol. The first-order valence-corrected chi connectivity index (χ1v) is 14.2. The van der Waals surface area contributed by atoms with E-state index < -0.39 is 23.8 Å². The molecule has 1 aliphatic heterocycles. The molecule has 12 heteroatoms. The molecule has 230 valence electrons. The molecule has 1 spiro atoms. The minimum atomic E-state index is -4.87. The third kappa shape index (κ3) is 6.70. The van der Waals surface area contributed by atoms with Gasteiger partial charge >= 0.3 is 6.36 Å². The number of hydrogen-bond donors (Lipinski definition) is 1. The lowest BCUT2D eigenvalue weighted by Crippen LogP contribution is -2.38. The van der Waals surface area contributed by atoms with Crippen molar-refractivity contribution < 1.29 is 32.3 Å². The highest BCUT2D eigenvalue weighted by Gasteiger charge is 2.54. The van der Waals surface area contributed by atoms with Crippen LogP contribution in [0.3, 0.4) is 0 Å². The van der Waals surface area contributed by atoms with E-state index in [2.05, 4.69) is 15.2 Å². The average Bonchev–Trinajstić information content (AvgIpc) is 3.69. The number of hydrogen-bond acceptors (Lipinski definition) is 7. The maximum atomic E-state index is 14.4. The number of halogens is 4. The van der Waals surface area contributed by atoms with E-state index in [0.29, 0.717) is 45.5 Å². The Kier molecular flexibility index (Phi) is 8.16. The quantitative estimate of drug-likeness (QED) is 0.195. The number of benzene rings is 3. The molecule has 8 nitrogen and oxygen atoms in total. The molecule has 1 aliphatic carbocycles. The third-order valence-electron chi connectivity index (χ3n) is 7.65. The number of ether oxygens (including phenoxy) is 2. The van der Waals surface area contributed by atoms with Gasteiger partial charge in [0, 0.05) is 40.4 Å². The Hall–Kier alpha value is -4.43. The largest absolute Gasteiger partial charge is 0.573 e. The molecule has 0 saturated heterocycles. The molecule has 44 heavy (non-hydrogen) atoms. The van der Waals surface area contributed by atoms with Crippen LogP contribution in [0.5, 0.6) is 11.5 Å². The van der Waals surface area contributed by atoms with Crippen molar-refractivity contribution in [3.05, 3.63) is 82.4 Å². The van der Waals surface area contributed by atoms with E-state index in [4.69, 9.17) is 21.2 Å². The molecule has 1 unspecified atom stereocenters. The van der Waals surface area contributed by atoms with Crippen LogP contribution in [0, 0.1) is 11.3 Å². The van der Waals surface area contributed by atoms with Crippen molar-refractivity contribution in [3.63, 3.8) is 0 Å². The number of fused-ring (bicyclic) bond motifs is 2. The molecular formula is C32H30ClF3N4O4. The van der Waals surface area contributed by atoms with E-state index >= 15 is 0 Å². The van der Waals surface area contributed by atoms with Gasteiger partial charge in [-0.25, -0.2) is 0 Å². The molecule has 1 saturated carbocycles. The van der Waals surface area contributed by atoms with Crippen molar-refractivity contribution in [2.24, 2.45) is 5.16 Å². The molecule has 1 N–H and O–H groups in total. The lowest BCUT2D eigenvalue weighted by molar-refractivity contribution is -0.274. The van der Waals surface area contributed by atoms with Gasteiger partial charge in [0.05, 0.1) is 18.5 Å². The topological polar surface area (TPSA) is 96.2 Å². The van der Waals surface area contributed by atoms with Crippen LogP contribution >= 0.6 is 11.6 Å². The van der Waals surface area contributed by atoms with E-state index in [1.54, 1.807) is 69.3 Å². The molecule has 5 rings (SSSR count). The average molecular weight is 627 g/mol. The Balaban J connectivity index is 1.52. The van der Waals surface area contributed by atoms with Gasteiger partial charge in [-0.3, -0.25) is 4.79 Å². The minimum Gasteiger partial charge on any atom is -0.497 e. The molecule has 2 aliphatic rings. The van der Waals surface area contributed by atoms with Crippen LogP contribution in [-0.4, -0.2) is 37.2 Å². The SMILES string of the molecule is COc1cc(NC(C(=O)N2CC3(CC3)c3ccc(OC(F)(F)F)cc32)c2ccc(Cl)cc2)cc(C(C)=NOC(C)(C)C#N)c1. The van der Waals surface area contributed by atoms with Crippen LogP contribution in [0.2, 0.25) is 5.02 Å². The summed E-state index contributed by atoms with van der Waals surface area (Å²) >= 11 is 6.15. The number of methoxy groups -OCH3 is 1. The first-order valence-electron chi connectivity index (χ1n) is 13.8. The molecule has 1 fully saturated rings. The summed E-state index contributed by atoms with van der Waals surface area (Å²) in [5, 5.41) is 17.1. The standard InChI is InChI=1S/C32H30ClF3N4O4/c1-19(39-44-30(2,3)17-37)21-13-23(15-25(14-21)42-4)38-28(20-5-7-22(33)8-6-20)29(41)40-18-31(11-12-31)26-10-9-24(16-27(26)40)43-32(34,35)36/h5-10,13-16,28,38H,11-12,18H2,1-4H3. The minimum absolute atomic E-state index is 0.291. The molecule has 1 heterocycles. The zero-order valence-corrected chi connectivity index (χ0v) is 25.2.